The number of hydrogen-bond acceptors (Lipinski definition) is 0. The normalized spacial score (nSPS) is 19.5. The summed E-state index contributed by atoms with van der Waals surface area (Å²) < 4.78 is 0. The maximum atomic E-state index is 4.17. The fourth-order valence-corrected chi connectivity index (χ4v) is 5.23. The van der Waals surface area contributed by atoms with E-state index in [1.54, 1.807) is 0 Å². The summed E-state index contributed by atoms with van der Waals surface area (Å²) in [6.45, 7) is 8.49. The molecule has 0 fully saturated rings. The molecule has 1 spiro atoms. The van der Waals surface area contributed by atoms with E-state index in [2.05, 4.69) is 99.3 Å². The second kappa shape index (κ2) is 5.69. The zero-order valence-corrected chi connectivity index (χ0v) is 15.8. The van der Waals surface area contributed by atoms with Crippen molar-refractivity contribution < 1.29 is 0 Å². The second-order valence-electron chi connectivity index (χ2n) is 7.37. The SMILES string of the molecule is C=CC1=C(/C=C\C)C2(c3ccccc31)c1ccccc1-c1c(C)cccc12. The molecule has 0 N–H and O–H groups in total. The van der Waals surface area contributed by atoms with Crippen LogP contribution in [0.1, 0.15) is 34.7 Å². The van der Waals surface area contributed by atoms with Gasteiger partial charge < -0.3 is 0 Å². The van der Waals surface area contributed by atoms with Gasteiger partial charge in [-0.1, -0.05) is 91.5 Å². The smallest absolute Gasteiger partial charge is 0.0725 e. The monoisotopic (exact) mass is 346 g/mol. The predicted octanol–water partition coefficient (Wildman–Crippen LogP) is 6.84. The molecule has 0 radical (unpaired) electrons. The number of hydrogen-bond donors (Lipinski definition) is 0. The fourth-order valence-electron chi connectivity index (χ4n) is 5.23. The first kappa shape index (κ1) is 16.1. The van der Waals surface area contributed by atoms with E-state index < -0.39 is 0 Å². The summed E-state index contributed by atoms with van der Waals surface area (Å²) in [5, 5.41) is 0. The summed E-state index contributed by atoms with van der Waals surface area (Å²) in [6, 6.07) is 24.5. The molecule has 1 unspecified atom stereocenters. The van der Waals surface area contributed by atoms with Crippen LogP contribution >= 0.6 is 0 Å². The van der Waals surface area contributed by atoms with Crippen LogP contribution < -0.4 is 0 Å². The van der Waals surface area contributed by atoms with E-state index >= 15 is 0 Å². The van der Waals surface area contributed by atoms with Crippen LogP contribution in [0.2, 0.25) is 0 Å². The van der Waals surface area contributed by atoms with Gasteiger partial charge in [-0.25, -0.2) is 0 Å². The van der Waals surface area contributed by atoms with E-state index in [9.17, 15) is 0 Å². The van der Waals surface area contributed by atoms with Crippen molar-refractivity contribution in [3.05, 3.63) is 125 Å². The Morgan fingerprint density at radius 2 is 1.41 bits per heavy atom. The number of rotatable bonds is 2. The molecular formula is C27H22. The summed E-state index contributed by atoms with van der Waals surface area (Å²) in [5.41, 5.74) is 11.8. The Morgan fingerprint density at radius 3 is 2.11 bits per heavy atom. The first-order chi connectivity index (χ1) is 13.2. The van der Waals surface area contributed by atoms with E-state index in [4.69, 9.17) is 0 Å². The summed E-state index contributed by atoms with van der Waals surface area (Å²) in [7, 11) is 0. The Balaban J connectivity index is 2.05. The van der Waals surface area contributed by atoms with Gasteiger partial charge in [0, 0.05) is 0 Å². The first-order valence-corrected chi connectivity index (χ1v) is 9.54. The molecule has 0 heteroatoms. The Kier molecular flexibility index (Phi) is 3.39. The van der Waals surface area contributed by atoms with Crippen LogP contribution in [-0.4, -0.2) is 0 Å². The Morgan fingerprint density at radius 1 is 0.778 bits per heavy atom. The number of benzene rings is 3. The summed E-state index contributed by atoms with van der Waals surface area (Å²) in [6.07, 6.45) is 6.47. The third-order valence-electron chi connectivity index (χ3n) is 6.13. The van der Waals surface area contributed by atoms with E-state index in [-0.39, 0.29) is 5.41 Å². The minimum atomic E-state index is -0.259. The average molecular weight is 346 g/mol. The average Bonchev–Trinajstić information content (AvgIpc) is 3.15. The van der Waals surface area contributed by atoms with Gasteiger partial charge in [-0.05, 0) is 63.9 Å². The lowest BCUT2D eigenvalue weighted by Crippen LogP contribution is -2.26. The molecule has 27 heavy (non-hydrogen) atoms. The number of fused-ring (bicyclic) bond motifs is 7. The van der Waals surface area contributed by atoms with Gasteiger partial charge in [0.1, 0.15) is 0 Å². The van der Waals surface area contributed by atoms with Crippen molar-refractivity contribution in [3.8, 4) is 11.1 Å². The van der Waals surface area contributed by atoms with Crippen molar-refractivity contribution in [2.45, 2.75) is 19.3 Å². The van der Waals surface area contributed by atoms with Crippen LogP contribution in [0.4, 0.5) is 0 Å². The number of aryl methyl sites for hydroxylation is 1. The maximum absolute atomic E-state index is 4.17. The molecule has 0 aromatic heterocycles. The highest BCUT2D eigenvalue weighted by Gasteiger charge is 2.51. The Hall–Kier alpha value is -3.12. The van der Waals surface area contributed by atoms with Gasteiger partial charge in [0.05, 0.1) is 5.41 Å². The van der Waals surface area contributed by atoms with Crippen molar-refractivity contribution in [2.24, 2.45) is 0 Å². The molecular weight excluding hydrogens is 324 g/mol. The van der Waals surface area contributed by atoms with Gasteiger partial charge in [0.25, 0.3) is 0 Å². The predicted molar refractivity (Wildman–Crippen MR) is 115 cm³/mol. The van der Waals surface area contributed by atoms with Crippen molar-refractivity contribution in [1.29, 1.82) is 0 Å². The van der Waals surface area contributed by atoms with Crippen LogP contribution in [0.25, 0.3) is 16.7 Å². The zero-order chi connectivity index (χ0) is 18.6. The summed E-state index contributed by atoms with van der Waals surface area (Å²) >= 11 is 0. The van der Waals surface area contributed by atoms with Crippen molar-refractivity contribution >= 4 is 5.57 Å². The molecule has 0 saturated heterocycles. The molecule has 1 atom stereocenters. The summed E-state index contributed by atoms with van der Waals surface area (Å²) in [4.78, 5) is 0. The molecule has 0 aliphatic heterocycles. The maximum Gasteiger partial charge on any atom is 0.0725 e. The van der Waals surface area contributed by atoms with Gasteiger partial charge in [-0.15, -0.1) is 0 Å². The Labute approximate surface area is 161 Å². The molecule has 0 heterocycles. The minimum Gasteiger partial charge on any atom is -0.0984 e. The molecule has 0 bridgehead atoms. The van der Waals surface area contributed by atoms with E-state index in [0.29, 0.717) is 0 Å². The highest BCUT2D eigenvalue weighted by atomic mass is 14.5. The topological polar surface area (TPSA) is 0 Å². The zero-order valence-electron chi connectivity index (χ0n) is 15.8. The van der Waals surface area contributed by atoms with Crippen molar-refractivity contribution in [2.75, 3.05) is 0 Å². The molecule has 0 amide bonds. The third kappa shape index (κ3) is 1.83. The molecule has 2 aliphatic carbocycles. The summed E-state index contributed by atoms with van der Waals surface area (Å²) in [5.74, 6) is 0. The second-order valence-corrected chi connectivity index (χ2v) is 7.37. The minimum absolute atomic E-state index is 0.259. The van der Waals surface area contributed by atoms with Gasteiger partial charge >= 0.3 is 0 Å². The molecule has 0 saturated carbocycles. The highest BCUT2D eigenvalue weighted by Crippen LogP contribution is 2.62. The molecule has 0 nitrogen and oxygen atoms in total. The van der Waals surface area contributed by atoms with E-state index in [0.717, 1.165) is 0 Å². The van der Waals surface area contributed by atoms with Crippen LogP contribution in [0, 0.1) is 6.92 Å². The lowest BCUT2D eigenvalue weighted by Gasteiger charge is -2.31. The van der Waals surface area contributed by atoms with E-state index in [1.807, 2.05) is 6.08 Å². The van der Waals surface area contributed by atoms with Gasteiger partial charge in [0.15, 0.2) is 0 Å². The van der Waals surface area contributed by atoms with E-state index in [1.165, 1.54) is 50.1 Å². The molecule has 3 aromatic rings. The van der Waals surface area contributed by atoms with Crippen LogP contribution in [0.15, 0.2) is 97.1 Å². The largest absolute Gasteiger partial charge is 0.0984 e. The van der Waals surface area contributed by atoms with Crippen LogP contribution in [0.3, 0.4) is 0 Å². The molecule has 130 valence electrons. The number of allylic oxidation sites excluding steroid dienone is 5. The first-order valence-electron chi connectivity index (χ1n) is 9.54. The molecule has 5 rings (SSSR count). The van der Waals surface area contributed by atoms with Crippen molar-refractivity contribution in [1.82, 2.24) is 0 Å². The fraction of sp³-hybridized carbons (Fsp3) is 0.111. The van der Waals surface area contributed by atoms with Gasteiger partial charge in [-0.3, -0.25) is 0 Å². The Bertz CT molecular complexity index is 1160. The van der Waals surface area contributed by atoms with Gasteiger partial charge in [-0.2, -0.15) is 0 Å². The third-order valence-corrected chi connectivity index (χ3v) is 6.13. The molecule has 3 aromatic carbocycles. The van der Waals surface area contributed by atoms with Gasteiger partial charge in [0.2, 0.25) is 0 Å². The standard InChI is InChI=1S/C27H22/c1-4-11-22-19(5-2)20-13-6-8-15-23(20)27(22)24-16-9-7-14-21(24)26-18(3)12-10-17-25(26)27/h4-17H,2H2,1,3H3/b11-4-. The molecule has 2 aliphatic rings. The quantitative estimate of drug-likeness (QED) is 0.476. The highest BCUT2D eigenvalue weighted by molar-refractivity contribution is 5.98. The lowest BCUT2D eigenvalue weighted by atomic mass is 9.69. The van der Waals surface area contributed by atoms with Crippen molar-refractivity contribution in [3.63, 3.8) is 0 Å². The van der Waals surface area contributed by atoms with Crippen LogP contribution in [0.5, 0.6) is 0 Å². The van der Waals surface area contributed by atoms with Crippen LogP contribution in [-0.2, 0) is 5.41 Å². The lowest BCUT2D eigenvalue weighted by molar-refractivity contribution is 0.785.